The number of amides is 1. The molecule has 0 saturated heterocycles. The summed E-state index contributed by atoms with van der Waals surface area (Å²) in [6.07, 6.45) is 0.229. The number of hydrogen-bond acceptors (Lipinski definition) is 4. The lowest BCUT2D eigenvalue weighted by atomic mass is 10.1. The van der Waals surface area contributed by atoms with Crippen LogP contribution in [0.5, 0.6) is 11.5 Å². The standard InChI is InChI=1S/C21H23N3O4/c1-3-23-16-6-4-5-7-17(16)24(21(23)26)11-10-20(25)22-14(2)15-8-9-18-19(12-15)28-13-27-18/h4-9,12,14H,3,10-11,13H2,1-2H3,(H,22,25). The molecule has 28 heavy (non-hydrogen) atoms. The molecule has 1 aliphatic heterocycles. The Labute approximate surface area is 162 Å². The Morgan fingerprint density at radius 2 is 1.82 bits per heavy atom. The molecule has 0 spiro atoms. The zero-order chi connectivity index (χ0) is 19.7. The molecule has 1 aromatic heterocycles. The second kappa shape index (κ2) is 7.42. The molecule has 1 unspecified atom stereocenters. The fourth-order valence-electron chi connectivity index (χ4n) is 3.59. The molecule has 0 saturated carbocycles. The Kier molecular flexibility index (Phi) is 4.81. The summed E-state index contributed by atoms with van der Waals surface area (Å²) < 4.78 is 14.1. The topological polar surface area (TPSA) is 74.5 Å². The summed E-state index contributed by atoms with van der Waals surface area (Å²) in [6.45, 7) is 5.02. The van der Waals surface area contributed by atoms with Gasteiger partial charge in [0.2, 0.25) is 12.7 Å². The molecular weight excluding hydrogens is 358 g/mol. The van der Waals surface area contributed by atoms with Crippen molar-refractivity contribution in [1.82, 2.24) is 14.5 Å². The normalized spacial score (nSPS) is 13.6. The summed E-state index contributed by atoms with van der Waals surface area (Å²) in [5, 5.41) is 2.99. The van der Waals surface area contributed by atoms with Crippen molar-refractivity contribution in [3.63, 3.8) is 0 Å². The quantitative estimate of drug-likeness (QED) is 0.713. The van der Waals surface area contributed by atoms with Gasteiger partial charge in [-0.1, -0.05) is 18.2 Å². The van der Waals surface area contributed by atoms with E-state index >= 15 is 0 Å². The molecule has 1 N–H and O–H groups in total. The van der Waals surface area contributed by atoms with Gasteiger partial charge in [0.15, 0.2) is 11.5 Å². The lowest BCUT2D eigenvalue weighted by molar-refractivity contribution is -0.121. The van der Waals surface area contributed by atoms with Crippen LogP contribution in [0, 0.1) is 0 Å². The highest BCUT2D eigenvalue weighted by atomic mass is 16.7. The fraction of sp³-hybridized carbons (Fsp3) is 0.333. The highest BCUT2D eigenvalue weighted by molar-refractivity contribution is 5.78. The van der Waals surface area contributed by atoms with E-state index in [9.17, 15) is 9.59 Å². The Balaban J connectivity index is 1.44. The second-order valence-corrected chi connectivity index (χ2v) is 6.82. The van der Waals surface area contributed by atoms with E-state index in [1.54, 1.807) is 9.13 Å². The number of fused-ring (bicyclic) bond motifs is 2. The molecule has 2 aromatic carbocycles. The van der Waals surface area contributed by atoms with E-state index in [4.69, 9.17) is 9.47 Å². The Bertz CT molecular complexity index is 1080. The number of ether oxygens (including phenoxy) is 2. The first-order chi connectivity index (χ1) is 13.6. The van der Waals surface area contributed by atoms with Gasteiger partial charge < -0.3 is 14.8 Å². The smallest absolute Gasteiger partial charge is 0.329 e. The number of benzene rings is 2. The third kappa shape index (κ3) is 3.24. The molecule has 7 heteroatoms. The summed E-state index contributed by atoms with van der Waals surface area (Å²) in [7, 11) is 0. The van der Waals surface area contributed by atoms with Crippen molar-refractivity contribution in [2.24, 2.45) is 0 Å². The minimum atomic E-state index is -0.171. The number of imidazole rings is 1. The second-order valence-electron chi connectivity index (χ2n) is 6.82. The maximum absolute atomic E-state index is 12.7. The molecule has 1 amide bonds. The summed E-state index contributed by atoms with van der Waals surface area (Å²) in [5.74, 6) is 1.30. The summed E-state index contributed by atoms with van der Waals surface area (Å²) >= 11 is 0. The van der Waals surface area contributed by atoms with Crippen LogP contribution in [0.3, 0.4) is 0 Å². The highest BCUT2D eigenvalue weighted by Gasteiger charge is 2.17. The molecule has 3 aromatic rings. The van der Waals surface area contributed by atoms with Gasteiger partial charge in [-0.05, 0) is 43.7 Å². The number of aryl methyl sites for hydroxylation is 2. The van der Waals surface area contributed by atoms with Gasteiger partial charge in [-0.3, -0.25) is 13.9 Å². The first-order valence-corrected chi connectivity index (χ1v) is 9.45. The van der Waals surface area contributed by atoms with Crippen LogP contribution >= 0.6 is 0 Å². The third-order valence-electron chi connectivity index (χ3n) is 5.08. The van der Waals surface area contributed by atoms with Crippen LogP contribution < -0.4 is 20.5 Å². The molecule has 4 rings (SSSR count). The van der Waals surface area contributed by atoms with E-state index in [1.165, 1.54) is 0 Å². The van der Waals surface area contributed by atoms with E-state index < -0.39 is 0 Å². The van der Waals surface area contributed by atoms with Crippen LogP contribution in [0.15, 0.2) is 47.3 Å². The van der Waals surface area contributed by atoms with Gasteiger partial charge in [0.05, 0.1) is 17.1 Å². The monoisotopic (exact) mass is 381 g/mol. The maximum atomic E-state index is 12.7. The molecule has 0 radical (unpaired) electrons. The van der Waals surface area contributed by atoms with Crippen LogP contribution in [0.4, 0.5) is 0 Å². The Morgan fingerprint density at radius 3 is 2.57 bits per heavy atom. The minimum Gasteiger partial charge on any atom is -0.454 e. The number of carbonyl (C=O) groups is 1. The van der Waals surface area contributed by atoms with Crippen molar-refractivity contribution in [2.75, 3.05) is 6.79 Å². The van der Waals surface area contributed by atoms with Crippen LogP contribution in [0.25, 0.3) is 11.0 Å². The molecule has 1 aliphatic rings. The van der Waals surface area contributed by atoms with Crippen molar-refractivity contribution in [3.05, 3.63) is 58.5 Å². The zero-order valence-corrected chi connectivity index (χ0v) is 16.0. The molecule has 0 aliphatic carbocycles. The lowest BCUT2D eigenvalue weighted by Crippen LogP contribution is -2.30. The summed E-state index contributed by atoms with van der Waals surface area (Å²) in [4.78, 5) is 25.1. The van der Waals surface area contributed by atoms with Gasteiger partial charge in [0, 0.05) is 19.5 Å². The number of rotatable bonds is 6. The van der Waals surface area contributed by atoms with E-state index in [1.807, 2.05) is 56.3 Å². The predicted molar refractivity (Wildman–Crippen MR) is 106 cm³/mol. The number of nitrogens with zero attached hydrogens (tertiary/aromatic N) is 2. The first kappa shape index (κ1) is 18.2. The summed E-state index contributed by atoms with van der Waals surface area (Å²) in [5.41, 5.74) is 2.60. The van der Waals surface area contributed by atoms with Gasteiger partial charge in [-0.15, -0.1) is 0 Å². The largest absolute Gasteiger partial charge is 0.454 e. The van der Waals surface area contributed by atoms with E-state index in [0.29, 0.717) is 24.6 Å². The third-order valence-corrected chi connectivity index (χ3v) is 5.08. The number of aromatic nitrogens is 2. The van der Waals surface area contributed by atoms with Crippen molar-refractivity contribution in [1.29, 1.82) is 0 Å². The van der Waals surface area contributed by atoms with Crippen molar-refractivity contribution in [2.45, 2.75) is 39.4 Å². The molecule has 2 heterocycles. The molecule has 7 nitrogen and oxygen atoms in total. The van der Waals surface area contributed by atoms with Crippen LogP contribution in [0.2, 0.25) is 0 Å². The fourth-order valence-corrected chi connectivity index (χ4v) is 3.59. The lowest BCUT2D eigenvalue weighted by Gasteiger charge is -2.15. The molecule has 0 bridgehead atoms. The predicted octanol–water partition coefficient (Wildman–Crippen LogP) is 2.82. The van der Waals surface area contributed by atoms with Crippen LogP contribution in [0.1, 0.15) is 31.9 Å². The molecule has 1 atom stereocenters. The van der Waals surface area contributed by atoms with Gasteiger partial charge in [-0.2, -0.15) is 0 Å². The molecular formula is C21H23N3O4. The number of nitrogens with one attached hydrogen (secondary N) is 1. The zero-order valence-electron chi connectivity index (χ0n) is 16.0. The van der Waals surface area contributed by atoms with Gasteiger partial charge in [0.25, 0.3) is 0 Å². The van der Waals surface area contributed by atoms with E-state index in [2.05, 4.69) is 5.32 Å². The van der Waals surface area contributed by atoms with Crippen LogP contribution in [-0.4, -0.2) is 21.8 Å². The Hall–Kier alpha value is -3.22. The maximum Gasteiger partial charge on any atom is 0.329 e. The van der Waals surface area contributed by atoms with Crippen molar-refractivity contribution < 1.29 is 14.3 Å². The molecule has 0 fully saturated rings. The number of carbonyl (C=O) groups excluding carboxylic acids is 1. The Morgan fingerprint density at radius 1 is 1.11 bits per heavy atom. The van der Waals surface area contributed by atoms with Gasteiger partial charge >= 0.3 is 5.69 Å². The van der Waals surface area contributed by atoms with Crippen molar-refractivity contribution >= 4 is 16.9 Å². The van der Waals surface area contributed by atoms with Gasteiger partial charge in [0.1, 0.15) is 0 Å². The molecule has 146 valence electrons. The highest BCUT2D eigenvalue weighted by Crippen LogP contribution is 2.34. The number of hydrogen-bond donors (Lipinski definition) is 1. The number of para-hydroxylation sites is 2. The average molecular weight is 381 g/mol. The van der Waals surface area contributed by atoms with Crippen LogP contribution in [-0.2, 0) is 17.9 Å². The summed E-state index contributed by atoms with van der Waals surface area (Å²) in [6, 6.07) is 13.1. The van der Waals surface area contributed by atoms with Gasteiger partial charge in [-0.25, -0.2) is 4.79 Å². The van der Waals surface area contributed by atoms with Crippen molar-refractivity contribution in [3.8, 4) is 11.5 Å². The average Bonchev–Trinajstić information content (AvgIpc) is 3.27. The SMILES string of the molecule is CCn1c(=O)n(CCC(=O)NC(C)c2ccc3c(c2)OCO3)c2ccccc21. The minimum absolute atomic E-state index is 0.0830. The van der Waals surface area contributed by atoms with E-state index in [-0.39, 0.29) is 30.9 Å². The first-order valence-electron chi connectivity index (χ1n) is 9.45. The van der Waals surface area contributed by atoms with E-state index in [0.717, 1.165) is 16.6 Å².